The van der Waals surface area contributed by atoms with Gasteiger partial charge in [-0.3, -0.25) is 0 Å². The summed E-state index contributed by atoms with van der Waals surface area (Å²) < 4.78 is 10.9. The summed E-state index contributed by atoms with van der Waals surface area (Å²) in [7, 11) is 0. The van der Waals surface area contributed by atoms with Crippen molar-refractivity contribution in [3.8, 4) is 5.75 Å². The van der Waals surface area contributed by atoms with Crippen molar-refractivity contribution in [1.29, 1.82) is 0 Å². The summed E-state index contributed by atoms with van der Waals surface area (Å²) in [6.07, 6.45) is 4.23. The second kappa shape index (κ2) is 7.97. The van der Waals surface area contributed by atoms with Gasteiger partial charge in [-0.15, -0.1) is 0 Å². The standard InChI is InChI=1S/C16H23NO2/c1-2-9-19-16-7-5-14(6-8-16)11-17-12-15-4-3-10-18-13-15/h2,5-8,15,17H,1,3-4,9-13H2/t15-/m1/s1. The Morgan fingerprint density at radius 1 is 1.37 bits per heavy atom. The van der Waals surface area contributed by atoms with Crippen LogP contribution in [0.2, 0.25) is 0 Å². The fourth-order valence-corrected chi connectivity index (χ4v) is 2.25. The molecule has 0 amide bonds. The first kappa shape index (κ1) is 14.1. The molecule has 1 fully saturated rings. The van der Waals surface area contributed by atoms with Crippen molar-refractivity contribution in [2.24, 2.45) is 5.92 Å². The van der Waals surface area contributed by atoms with Gasteiger partial charge < -0.3 is 14.8 Å². The third-order valence-corrected chi connectivity index (χ3v) is 3.31. The molecule has 0 aliphatic carbocycles. The van der Waals surface area contributed by atoms with E-state index < -0.39 is 0 Å². The van der Waals surface area contributed by atoms with E-state index in [1.807, 2.05) is 12.1 Å². The molecule has 19 heavy (non-hydrogen) atoms. The topological polar surface area (TPSA) is 30.5 Å². The van der Waals surface area contributed by atoms with Crippen molar-refractivity contribution in [2.45, 2.75) is 19.4 Å². The Labute approximate surface area is 115 Å². The molecule has 3 heteroatoms. The van der Waals surface area contributed by atoms with E-state index in [2.05, 4.69) is 24.0 Å². The summed E-state index contributed by atoms with van der Waals surface area (Å²) in [6.45, 7) is 7.96. The molecule has 1 atom stereocenters. The molecule has 1 aliphatic rings. The zero-order valence-electron chi connectivity index (χ0n) is 11.4. The van der Waals surface area contributed by atoms with Crippen LogP contribution in [0, 0.1) is 5.92 Å². The van der Waals surface area contributed by atoms with Crippen molar-refractivity contribution < 1.29 is 9.47 Å². The first-order valence-electron chi connectivity index (χ1n) is 6.99. The zero-order chi connectivity index (χ0) is 13.3. The molecule has 1 N–H and O–H groups in total. The fourth-order valence-electron chi connectivity index (χ4n) is 2.25. The molecule has 1 heterocycles. The molecule has 2 rings (SSSR count). The van der Waals surface area contributed by atoms with E-state index in [9.17, 15) is 0 Å². The summed E-state index contributed by atoms with van der Waals surface area (Å²) >= 11 is 0. The van der Waals surface area contributed by atoms with Gasteiger partial charge in [0.05, 0.1) is 6.61 Å². The molecule has 0 radical (unpaired) electrons. The van der Waals surface area contributed by atoms with Crippen LogP contribution in [0.4, 0.5) is 0 Å². The summed E-state index contributed by atoms with van der Waals surface area (Å²) in [5.41, 5.74) is 1.28. The summed E-state index contributed by atoms with van der Waals surface area (Å²) in [5.74, 6) is 1.56. The fraction of sp³-hybridized carbons (Fsp3) is 0.500. The maximum atomic E-state index is 5.47. The van der Waals surface area contributed by atoms with Gasteiger partial charge >= 0.3 is 0 Å². The van der Waals surface area contributed by atoms with Gasteiger partial charge in [0.1, 0.15) is 12.4 Å². The smallest absolute Gasteiger partial charge is 0.119 e. The highest BCUT2D eigenvalue weighted by Gasteiger charge is 2.12. The van der Waals surface area contributed by atoms with Gasteiger partial charge in [0.15, 0.2) is 0 Å². The Morgan fingerprint density at radius 3 is 2.89 bits per heavy atom. The average molecular weight is 261 g/mol. The lowest BCUT2D eigenvalue weighted by atomic mass is 10.0. The molecule has 104 valence electrons. The molecule has 0 aromatic heterocycles. The van der Waals surface area contributed by atoms with Crippen molar-refractivity contribution in [1.82, 2.24) is 5.32 Å². The third-order valence-electron chi connectivity index (χ3n) is 3.31. The summed E-state index contributed by atoms with van der Waals surface area (Å²) in [6, 6.07) is 8.21. The van der Waals surface area contributed by atoms with E-state index in [0.717, 1.165) is 32.1 Å². The largest absolute Gasteiger partial charge is 0.490 e. The number of hydrogen-bond donors (Lipinski definition) is 1. The van der Waals surface area contributed by atoms with Crippen LogP contribution in [0.1, 0.15) is 18.4 Å². The van der Waals surface area contributed by atoms with Crippen molar-refractivity contribution in [2.75, 3.05) is 26.4 Å². The number of benzene rings is 1. The Bertz CT molecular complexity index is 369. The van der Waals surface area contributed by atoms with E-state index in [-0.39, 0.29) is 0 Å². The Morgan fingerprint density at radius 2 is 2.21 bits per heavy atom. The minimum Gasteiger partial charge on any atom is -0.490 e. The van der Waals surface area contributed by atoms with Crippen LogP contribution in [0.5, 0.6) is 5.75 Å². The first-order chi connectivity index (χ1) is 9.38. The lowest BCUT2D eigenvalue weighted by Crippen LogP contribution is -2.28. The SMILES string of the molecule is C=CCOc1ccc(CNC[C@H]2CCCOC2)cc1. The molecular weight excluding hydrogens is 238 g/mol. The Hall–Kier alpha value is -1.32. The molecule has 1 aliphatic heterocycles. The molecule has 1 aromatic carbocycles. The normalized spacial score (nSPS) is 19.1. The van der Waals surface area contributed by atoms with Gasteiger partial charge in [0.2, 0.25) is 0 Å². The predicted molar refractivity (Wildman–Crippen MR) is 77.4 cm³/mol. The highest BCUT2D eigenvalue weighted by Crippen LogP contribution is 2.14. The molecule has 1 aromatic rings. The minimum atomic E-state index is 0.555. The number of rotatable bonds is 7. The summed E-state index contributed by atoms with van der Waals surface area (Å²) in [4.78, 5) is 0. The number of nitrogens with one attached hydrogen (secondary N) is 1. The van der Waals surface area contributed by atoms with E-state index >= 15 is 0 Å². The monoisotopic (exact) mass is 261 g/mol. The highest BCUT2D eigenvalue weighted by molar-refractivity contribution is 5.27. The third kappa shape index (κ3) is 5.05. The molecule has 0 unspecified atom stereocenters. The van der Waals surface area contributed by atoms with Crippen molar-refractivity contribution in [3.05, 3.63) is 42.5 Å². The Balaban J connectivity index is 1.68. The van der Waals surface area contributed by atoms with E-state index in [4.69, 9.17) is 9.47 Å². The minimum absolute atomic E-state index is 0.555. The van der Waals surface area contributed by atoms with Crippen LogP contribution in [0.15, 0.2) is 36.9 Å². The van der Waals surface area contributed by atoms with E-state index in [1.54, 1.807) is 6.08 Å². The van der Waals surface area contributed by atoms with Gasteiger partial charge in [-0.1, -0.05) is 24.8 Å². The van der Waals surface area contributed by atoms with Crippen LogP contribution >= 0.6 is 0 Å². The van der Waals surface area contributed by atoms with E-state index in [1.165, 1.54) is 18.4 Å². The van der Waals surface area contributed by atoms with Gasteiger partial charge in [-0.25, -0.2) is 0 Å². The second-order valence-corrected chi connectivity index (χ2v) is 4.96. The summed E-state index contributed by atoms with van der Waals surface area (Å²) in [5, 5.41) is 3.50. The first-order valence-corrected chi connectivity index (χ1v) is 6.99. The van der Waals surface area contributed by atoms with Crippen LogP contribution < -0.4 is 10.1 Å². The molecule has 3 nitrogen and oxygen atoms in total. The molecule has 0 saturated carbocycles. The lowest BCUT2D eigenvalue weighted by molar-refractivity contribution is 0.0547. The van der Waals surface area contributed by atoms with Gasteiger partial charge in [-0.2, -0.15) is 0 Å². The molecule has 0 spiro atoms. The highest BCUT2D eigenvalue weighted by atomic mass is 16.5. The van der Waals surface area contributed by atoms with Crippen LogP contribution in [0.25, 0.3) is 0 Å². The molecule has 1 saturated heterocycles. The second-order valence-electron chi connectivity index (χ2n) is 4.96. The van der Waals surface area contributed by atoms with Gasteiger partial charge in [0.25, 0.3) is 0 Å². The van der Waals surface area contributed by atoms with Crippen LogP contribution in [0.3, 0.4) is 0 Å². The zero-order valence-corrected chi connectivity index (χ0v) is 11.4. The Kier molecular flexibility index (Phi) is 5.92. The molecular formula is C16H23NO2. The number of hydrogen-bond acceptors (Lipinski definition) is 3. The quantitative estimate of drug-likeness (QED) is 0.766. The predicted octanol–water partition coefficient (Wildman–Crippen LogP) is 2.77. The average Bonchev–Trinajstić information content (AvgIpc) is 2.47. The lowest BCUT2D eigenvalue weighted by Gasteiger charge is -2.22. The molecule has 0 bridgehead atoms. The van der Waals surface area contributed by atoms with Crippen LogP contribution in [-0.4, -0.2) is 26.4 Å². The maximum absolute atomic E-state index is 5.47. The maximum Gasteiger partial charge on any atom is 0.119 e. The van der Waals surface area contributed by atoms with Gasteiger partial charge in [-0.05, 0) is 36.5 Å². The van der Waals surface area contributed by atoms with Gasteiger partial charge in [0, 0.05) is 19.7 Å². The van der Waals surface area contributed by atoms with Crippen molar-refractivity contribution in [3.63, 3.8) is 0 Å². The van der Waals surface area contributed by atoms with E-state index in [0.29, 0.717) is 12.5 Å². The number of ether oxygens (including phenoxy) is 2. The van der Waals surface area contributed by atoms with Crippen LogP contribution in [-0.2, 0) is 11.3 Å². The van der Waals surface area contributed by atoms with Crippen molar-refractivity contribution >= 4 is 0 Å².